The first-order valence-electron chi connectivity index (χ1n) is 6.90. The zero-order chi connectivity index (χ0) is 15.7. The smallest absolute Gasteiger partial charge is 0.227 e. The Morgan fingerprint density at radius 3 is 2.59 bits per heavy atom. The molecule has 0 saturated heterocycles. The van der Waals surface area contributed by atoms with Gasteiger partial charge in [-0.15, -0.1) is 0 Å². The van der Waals surface area contributed by atoms with E-state index in [-0.39, 0.29) is 5.91 Å². The predicted molar refractivity (Wildman–Crippen MR) is 85.0 cm³/mol. The van der Waals surface area contributed by atoms with E-state index in [2.05, 4.69) is 10.3 Å². The van der Waals surface area contributed by atoms with Crippen molar-refractivity contribution in [2.75, 3.05) is 12.4 Å². The van der Waals surface area contributed by atoms with Gasteiger partial charge in [-0.25, -0.2) is 4.98 Å². The van der Waals surface area contributed by atoms with Gasteiger partial charge >= 0.3 is 0 Å². The van der Waals surface area contributed by atoms with Gasteiger partial charge in [0.15, 0.2) is 5.58 Å². The standard InChI is InChI=1S/C17H16N2O3/c1-10-8-13(18-11(2)20)9-15-16(10)22-17(19-15)12-4-6-14(21-3)7-5-12/h4-9H,1-3H3,(H,18,20). The Labute approximate surface area is 127 Å². The molecule has 1 N–H and O–H groups in total. The number of ether oxygens (including phenoxy) is 1. The minimum atomic E-state index is -0.113. The molecule has 0 aliphatic carbocycles. The van der Waals surface area contributed by atoms with Crippen LogP contribution in [0.15, 0.2) is 40.8 Å². The highest BCUT2D eigenvalue weighted by atomic mass is 16.5. The van der Waals surface area contributed by atoms with Crippen molar-refractivity contribution in [2.45, 2.75) is 13.8 Å². The maximum Gasteiger partial charge on any atom is 0.227 e. The second-order valence-corrected chi connectivity index (χ2v) is 5.07. The zero-order valence-corrected chi connectivity index (χ0v) is 12.6. The maximum absolute atomic E-state index is 11.2. The first-order valence-corrected chi connectivity index (χ1v) is 6.90. The van der Waals surface area contributed by atoms with Crippen LogP contribution in [-0.2, 0) is 4.79 Å². The molecular weight excluding hydrogens is 280 g/mol. The molecule has 112 valence electrons. The number of fused-ring (bicyclic) bond motifs is 1. The Hall–Kier alpha value is -2.82. The number of carbonyl (C=O) groups is 1. The first kappa shape index (κ1) is 14.1. The molecular formula is C17H16N2O3. The topological polar surface area (TPSA) is 64.4 Å². The van der Waals surface area contributed by atoms with Gasteiger partial charge in [0.2, 0.25) is 11.8 Å². The Balaban J connectivity index is 2.04. The average molecular weight is 296 g/mol. The summed E-state index contributed by atoms with van der Waals surface area (Å²) in [6, 6.07) is 11.2. The van der Waals surface area contributed by atoms with Crippen molar-refractivity contribution in [3.05, 3.63) is 42.0 Å². The molecule has 1 heterocycles. The number of carbonyl (C=O) groups excluding carboxylic acids is 1. The van der Waals surface area contributed by atoms with Gasteiger partial charge in [0.05, 0.1) is 7.11 Å². The van der Waals surface area contributed by atoms with Crippen LogP contribution in [0, 0.1) is 6.92 Å². The molecule has 0 fully saturated rings. The van der Waals surface area contributed by atoms with Crippen LogP contribution in [0.1, 0.15) is 12.5 Å². The average Bonchev–Trinajstić information content (AvgIpc) is 2.91. The number of nitrogens with zero attached hydrogens (tertiary/aromatic N) is 1. The highest BCUT2D eigenvalue weighted by Crippen LogP contribution is 2.29. The first-order chi connectivity index (χ1) is 10.6. The van der Waals surface area contributed by atoms with Gasteiger partial charge in [-0.1, -0.05) is 0 Å². The van der Waals surface area contributed by atoms with Crippen LogP contribution >= 0.6 is 0 Å². The number of hydrogen-bond donors (Lipinski definition) is 1. The van der Waals surface area contributed by atoms with Crippen molar-refractivity contribution in [3.63, 3.8) is 0 Å². The number of oxazole rings is 1. The van der Waals surface area contributed by atoms with E-state index >= 15 is 0 Å². The number of methoxy groups -OCH3 is 1. The van der Waals surface area contributed by atoms with E-state index in [9.17, 15) is 4.79 Å². The van der Waals surface area contributed by atoms with Gasteiger partial charge in [-0.05, 0) is 48.9 Å². The van der Waals surface area contributed by atoms with Gasteiger partial charge < -0.3 is 14.5 Å². The van der Waals surface area contributed by atoms with Gasteiger partial charge in [0.25, 0.3) is 0 Å². The van der Waals surface area contributed by atoms with Crippen molar-refractivity contribution >= 4 is 22.7 Å². The molecule has 0 atom stereocenters. The molecule has 3 rings (SSSR count). The third-order valence-corrected chi connectivity index (χ3v) is 3.33. The lowest BCUT2D eigenvalue weighted by molar-refractivity contribution is -0.114. The Morgan fingerprint density at radius 2 is 1.95 bits per heavy atom. The molecule has 0 bridgehead atoms. The minimum Gasteiger partial charge on any atom is -0.497 e. The largest absolute Gasteiger partial charge is 0.497 e. The van der Waals surface area contributed by atoms with Crippen LogP contribution in [0.2, 0.25) is 0 Å². The summed E-state index contributed by atoms with van der Waals surface area (Å²) in [5.74, 6) is 1.21. The third-order valence-electron chi connectivity index (χ3n) is 3.33. The lowest BCUT2D eigenvalue weighted by atomic mass is 10.2. The van der Waals surface area contributed by atoms with E-state index in [1.165, 1.54) is 6.92 Å². The lowest BCUT2D eigenvalue weighted by Gasteiger charge is -2.02. The minimum absolute atomic E-state index is 0.113. The van der Waals surface area contributed by atoms with Crippen LogP contribution in [0.4, 0.5) is 5.69 Å². The summed E-state index contributed by atoms with van der Waals surface area (Å²) >= 11 is 0. The fourth-order valence-corrected chi connectivity index (χ4v) is 2.33. The number of nitrogens with one attached hydrogen (secondary N) is 1. The quantitative estimate of drug-likeness (QED) is 0.799. The number of anilines is 1. The van der Waals surface area contributed by atoms with Gasteiger partial charge in [0.1, 0.15) is 11.3 Å². The molecule has 0 saturated carbocycles. The van der Waals surface area contributed by atoms with E-state index in [1.807, 2.05) is 37.3 Å². The van der Waals surface area contributed by atoms with Crippen LogP contribution in [-0.4, -0.2) is 18.0 Å². The van der Waals surface area contributed by atoms with E-state index < -0.39 is 0 Å². The summed E-state index contributed by atoms with van der Waals surface area (Å²) in [6.45, 7) is 3.40. The summed E-state index contributed by atoms with van der Waals surface area (Å²) in [5.41, 5.74) is 3.95. The van der Waals surface area contributed by atoms with E-state index in [0.29, 0.717) is 11.6 Å². The molecule has 22 heavy (non-hydrogen) atoms. The van der Waals surface area contributed by atoms with Crippen molar-refractivity contribution in [3.8, 4) is 17.2 Å². The van der Waals surface area contributed by atoms with Crippen molar-refractivity contribution in [2.24, 2.45) is 0 Å². The monoisotopic (exact) mass is 296 g/mol. The maximum atomic E-state index is 11.2. The number of hydrogen-bond acceptors (Lipinski definition) is 4. The number of rotatable bonds is 3. The molecule has 0 radical (unpaired) electrons. The normalized spacial score (nSPS) is 10.7. The molecule has 0 aliphatic heterocycles. The molecule has 1 aromatic heterocycles. The predicted octanol–water partition coefficient (Wildman–Crippen LogP) is 3.77. The van der Waals surface area contributed by atoms with E-state index in [0.717, 1.165) is 28.0 Å². The van der Waals surface area contributed by atoms with Crippen LogP contribution in [0.25, 0.3) is 22.6 Å². The molecule has 5 nitrogen and oxygen atoms in total. The second-order valence-electron chi connectivity index (χ2n) is 5.07. The van der Waals surface area contributed by atoms with Crippen molar-refractivity contribution < 1.29 is 13.9 Å². The molecule has 3 aromatic rings. The third kappa shape index (κ3) is 2.65. The van der Waals surface area contributed by atoms with Crippen molar-refractivity contribution in [1.29, 1.82) is 0 Å². The zero-order valence-electron chi connectivity index (χ0n) is 12.6. The highest BCUT2D eigenvalue weighted by molar-refractivity contribution is 5.92. The molecule has 5 heteroatoms. The number of aromatic nitrogens is 1. The number of benzene rings is 2. The van der Waals surface area contributed by atoms with E-state index in [1.54, 1.807) is 13.2 Å². The SMILES string of the molecule is COc1ccc(-c2nc3cc(NC(C)=O)cc(C)c3o2)cc1. The summed E-state index contributed by atoms with van der Waals surface area (Å²) in [4.78, 5) is 15.7. The van der Waals surface area contributed by atoms with Crippen LogP contribution in [0.5, 0.6) is 5.75 Å². The van der Waals surface area contributed by atoms with Crippen molar-refractivity contribution in [1.82, 2.24) is 4.98 Å². The fourth-order valence-electron chi connectivity index (χ4n) is 2.33. The number of aryl methyl sites for hydroxylation is 1. The van der Waals surface area contributed by atoms with Crippen LogP contribution in [0.3, 0.4) is 0 Å². The Morgan fingerprint density at radius 1 is 1.23 bits per heavy atom. The molecule has 0 unspecified atom stereocenters. The lowest BCUT2D eigenvalue weighted by Crippen LogP contribution is -2.05. The van der Waals surface area contributed by atoms with Gasteiger partial charge in [-0.2, -0.15) is 0 Å². The van der Waals surface area contributed by atoms with Crippen LogP contribution < -0.4 is 10.1 Å². The molecule has 1 amide bonds. The summed E-state index contributed by atoms with van der Waals surface area (Å²) < 4.78 is 11.0. The number of amides is 1. The molecule has 2 aromatic carbocycles. The molecule has 0 aliphatic rings. The summed E-state index contributed by atoms with van der Waals surface area (Å²) in [5, 5.41) is 2.76. The van der Waals surface area contributed by atoms with Gasteiger partial charge in [-0.3, -0.25) is 4.79 Å². The Kier molecular flexibility index (Phi) is 3.55. The Bertz CT molecular complexity index is 835. The van der Waals surface area contributed by atoms with E-state index in [4.69, 9.17) is 9.15 Å². The molecule has 0 spiro atoms. The summed E-state index contributed by atoms with van der Waals surface area (Å²) in [7, 11) is 1.63. The summed E-state index contributed by atoms with van der Waals surface area (Å²) in [6.07, 6.45) is 0. The van der Waals surface area contributed by atoms with Gasteiger partial charge in [0, 0.05) is 18.2 Å². The highest BCUT2D eigenvalue weighted by Gasteiger charge is 2.12. The fraction of sp³-hybridized carbons (Fsp3) is 0.176. The second kappa shape index (κ2) is 5.52.